The quantitative estimate of drug-likeness (QED) is 0.709. The standard InChI is InChI=1S/C14H19BrClN/c1-2-13-5-3-4-8-17(13)14-9-12(16)7-6-11(14)10-15/h6-7,9,13H,2-5,8,10H2,1H3. The summed E-state index contributed by atoms with van der Waals surface area (Å²) in [6, 6.07) is 6.91. The van der Waals surface area contributed by atoms with Crippen LogP contribution in [-0.2, 0) is 5.33 Å². The molecule has 0 aromatic heterocycles. The maximum absolute atomic E-state index is 6.14. The fourth-order valence-electron chi connectivity index (χ4n) is 2.66. The van der Waals surface area contributed by atoms with Crippen LogP contribution >= 0.6 is 27.5 Å². The highest BCUT2D eigenvalue weighted by Gasteiger charge is 2.22. The van der Waals surface area contributed by atoms with Crippen molar-refractivity contribution in [3.63, 3.8) is 0 Å². The zero-order valence-electron chi connectivity index (χ0n) is 10.3. The van der Waals surface area contributed by atoms with Crippen molar-refractivity contribution in [1.82, 2.24) is 0 Å². The maximum Gasteiger partial charge on any atom is 0.0426 e. The Balaban J connectivity index is 2.33. The molecule has 1 heterocycles. The van der Waals surface area contributed by atoms with Crippen LogP contribution in [0.3, 0.4) is 0 Å². The number of hydrogen-bond acceptors (Lipinski definition) is 1. The summed E-state index contributed by atoms with van der Waals surface area (Å²) in [5, 5.41) is 1.73. The molecule has 3 heteroatoms. The minimum atomic E-state index is 0.681. The van der Waals surface area contributed by atoms with Gasteiger partial charge in [0.2, 0.25) is 0 Å². The lowest BCUT2D eigenvalue weighted by molar-refractivity contribution is 0.449. The van der Waals surface area contributed by atoms with Crippen molar-refractivity contribution in [2.75, 3.05) is 11.4 Å². The number of benzene rings is 1. The molecule has 0 bridgehead atoms. The van der Waals surface area contributed by atoms with Crippen LogP contribution < -0.4 is 4.90 Å². The third kappa shape index (κ3) is 2.97. The summed E-state index contributed by atoms with van der Waals surface area (Å²) in [4.78, 5) is 2.55. The number of nitrogens with zero attached hydrogens (tertiary/aromatic N) is 1. The number of alkyl halides is 1. The van der Waals surface area contributed by atoms with Gasteiger partial charge in [-0.3, -0.25) is 0 Å². The van der Waals surface area contributed by atoms with Gasteiger partial charge in [-0.1, -0.05) is 40.5 Å². The number of rotatable bonds is 3. The van der Waals surface area contributed by atoms with Crippen LogP contribution in [0.25, 0.3) is 0 Å². The van der Waals surface area contributed by atoms with Crippen LogP contribution in [0, 0.1) is 0 Å². The van der Waals surface area contributed by atoms with Gasteiger partial charge >= 0.3 is 0 Å². The Morgan fingerprint density at radius 2 is 2.24 bits per heavy atom. The molecule has 0 N–H and O–H groups in total. The van der Waals surface area contributed by atoms with E-state index in [-0.39, 0.29) is 0 Å². The fourth-order valence-corrected chi connectivity index (χ4v) is 3.30. The summed E-state index contributed by atoms with van der Waals surface area (Å²) in [7, 11) is 0. The lowest BCUT2D eigenvalue weighted by Gasteiger charge is -2.38. The third-order valence-electron chi connectivity index (χ3n) is 3.60. The Morgan fingerprint density at radius 1 is 1.41 bits per heavy atom. The van der Waals surface area contributed by atoms with E-state index in [0.29, 0.717) is 6.04 Å². The molecule has 1 fully saturated rings. The van der Waals surface area contributed by atoms with E-state index in [4.69, 9.17) is 11.6 Å². The Kier molecular flexibility index (Phi) is 4.75. The summed E-state index contributed by atoms with van der Waals surface area (Å²) < 4.78 is 0. The smallest absolute Gasteiger partial charge is 0.0426 e. The minimum Gasteiger partial charge on any atom is -0.368 e. The molecule has 1 unspecified atom stereocenters. The van der Waals surface area contributed by atoms with Gasteiger partial charge in [0.15, 0.2) is 0 Å². The number of anilines is 1. The lowest BCUT2D eigenvalue weighted by atomic mass is 9.98. The number of halogens is 2. The Labute approximate surface area is 117 Å². The summed E-state index contributed by atoms with van der Waals surface area (Å²) in [6.45, 7) is 3.44. The molecule has 1 aliphatic heterocycles. The van der Waals surface area contributed by atoms with E-state index in [0.717, 1.165) is 10.4 Å². The molecule has 0 radical (unpaired) electrons. The second-order valence-electron chi connectivity index (χ2n) is 4.66. The first kappa shape index (κ1) is 13.2. The van der Waals surface area contributed by atoms with Crippen LogP contribution in [0.4, 0.5) is 5.69 Å². The Bertz CT molecular complexity index is 380. The van der Waals surface area contributed by atoms with Gasteiger partial charge in [-0.15, -0.1) is 0 Å². The van der Waals surface area contributed by atoms with Crippen molar-refractivity contribution in [3.8, 4) is 0 Å². The van der Waals surface area contributed by atoms with Crippen LogP contribution in [0.5, 0.6) is 0 Å². The highest BCUT2D eigenvalue weighted by Crippen LogP contribution is 2.32. The maximum atomic E-state index is 6.14. The molecule has 1 atom stereocenters. The zero-order valence-corrected chi connectivity index (χ0v) is 12.6. The van der Waals surface area contributed by atoms with Gasteiger partial charge in [0.05, 0.1) is 0 Å². The zero-order chi connectivity index (χ0) is 12.3. The average Bonchev–Trinajstić information content (AvgIpc) is 2.38. The minimum absolute atomic E-state index is 0.681. The van der Waals surface area contributed by atoms with Gasteiger partial charge in [-0.05, 0) is 43.4 Å². The summed E-state index contributed by atoms with van der Waals surface area (Å²) >= 11 is 9.71. The molecule has 1 nitrogen and oxygen atoms in total. The molecule has 17 heavy (non-hydrogen) atoms. The Morgan fingerprint density at radius 3 is 2.94 bits per heavy atom. The molecule has 1 saturated heterocycles. The summed E-state index contributed by atoms with van der Waals surface area (Å²) in [6.07, 6.45) is 5.18. The first-order valence-corrected chi connectivity index (χ1v) is 7.87. The van der Waals surface area contributed by atoms with Crippen molar-refractivity contribution < 1.29 is 0 Å². The fraction of sp³-hybridized carbons (Fsp3) is 0.571. The van der Waals surface area contributed by atoms with Gasteiger partial charge in [0.25, 0.3) is 0 Å². The van der Waals surface area contributed by atoms with Crippen LogP contribution in [0.1, 0.15) is 38.2 Å². The van der Waals surface area contributed by atoms with Crippen LogP contribution in [-0.4, -0.2) is 12.6 Å². The molecule has 1 aliphatic rings. The second-order valence-corrected chi connectivity index (χ2v) is 5.66. The predicted octanol–water partition coefficient (Wildman–Crippen LogP) is 5.00. The van der Waals surface area contributed by atoms with Gasteiger partial charge in [0.1, 0.15) is 0 Å². The first-order valence-electron chi connectivity index (χ1n) is 6.37. The SMILES string of the molecule is CCC1CCCCN1c1cc(Cl)ccc1CBr. The van der Waals surface area contributed by atoms with Crippen molar-refractivity contribution >= 4 is 33.2 Å². The molecule has 0 amide bonds. The lowest BCUT2D eigenvalue weighted by Crippen LogP contribution is -2.39. The summed E-state index contributed by atoms with van der Waals surface area (Å²) in [5.41, 5.74) is 2.66. The van der Waals surface area contributed by atoms with Crippen molar-refractivity contribution in [2.45, 2.75) is 44.0 Å². The van der Waals surface area contributed by atoms with Gasteiger partial charge < -0.3 is 4.90 Å². The molecule has 0 aliphatic carbocycles. The van der Waals surface area contributed by atoms with Gasteiger partial charge in [-0.25, -0.2) is 0 Å². The second kappa shape index (κ2) is 6.10. The highest BCUT2D eigenvalue weighted by molar-refractivity contribution is 9.08. The first-order chi connectivity index (χ1) is 8.26. The number of hydrogen-bond donors (Lipinski definition) is 0. The molecule has 1 aromatic rings. The molecular formula is C14H19BrClN. The normalized spacial score (nSPS) is 20.6. The summed E-state index contributed by atoms with van der Waals surface area (Å²) in [5.74, 6) is 0. The van der Waals surface area contributed by atoms with E-state index in [1.807, 2.05) is 6.07 Å². The Hall–Kier alpha value is -0.210. The highest BCUT2D eigenvalue weighted by atomic mass is 79.9. The topological polar surface area (TPSA) is 3.24 Å². The average molecular weight is 317 g/mol. The van der Waals surface area contributed by atoms with E-state index >= 15 is 0 Å². The van der Waals surface area contributed by atoms with E-state index in [9.17, 15) is 0 Å². The van der Waals surface area contributed by atoms with Crippen molar-refractivity contribution in [3.05, 3.63) is 28.8 Å². The van der Waals surface area contributed by atoms with Gasteiger partial charge in [0, 0.05) is 28.6 Å². The van der Waals surface area contributed by atoms with E-state index in [1.165, 1.54) is 43.5 Å². The van der Waals surface area contributed by atoms with Crippen LogP contribution in [0.2, 0.25) is 5.02 Å². The monoisotopic (exact) mass is 315 g/mol. The molecule has 2 rings (SSSR count). The van der Waals surface area contributed by atoms with E-state index in [2.05, 4.69) is 39.9 Å². The van der Waals surface area contributed by atoms with E-state index < -0.39 is 0 Å². The van der Waals surface area contributed by atoms with Crippen molar-refractivity contribution in [1.29, 1.82) is 0 Å². The van der Waals surface area contributed by atoms with E-state index in [1.54, 1.807) is 0 Å². The number of piperidine rings is 1. The molecule has 0 saturated carbocycles. The molecular weight excluding hydrogens is 298 g/mol. The largest absolute Gasteiger partial charge is 0.368 e. The predicted molar refractivity (Wildman–Crippen MR) is 79.4 cm³/mol. The van der Waals surface area contributed by atoms with Crippen LogP contribution in [0.15, 0.2) is 18.2 Å². The molecule has 0 spiro atoms. The molecule has 1 aromatic carbocycles. The molecule has 94 valence electrons. The van der Waals surface area contributed by atoms with Gasteiger partial charge in [-0.2, -0.15) is 0 Å². The van der Waals surface area contributed by atoms with Crippen molar-refractivity contribution in [2.24, 2.45) is 0 Å². The third-order valence-corrected chi connectivity index (χ3v) is 4.44.